The van der Waals surface area contributed by atoms with Gasteiger partial charge >= 0.3 is 0 Å². The van der Waals surface area contributed by atoms with E-state index in [4.69, 9.17) is 21.5 Å². The molecule has 0 aliphatic heterocycles. The third kappa shape index (κ3) is 3.98. The summed E-state index contributed by atoms with van der Waals surface area (Å²) in [5.74, 6) is 0.470. The minimum Gasteiger partial charge on any atom is -0.492 e. The molecule has 7 nitrogen and oxygen atoms in total. The van der Waals surface area contributed by atoms with Crippen molar-refractivity contribution in [3.05, 3.63) is 64.2 Å². The van der Waals surface area contributed by atoms with Gasteiger partial charge in [-0.1, -0.05) is 11.6 Å². The summed E-state index contributed by atoms with van der Waals surface area (Å²) < 4.78 is 29.3. The number of ether oxygens (including phenoxy) is 1. The fourth-order valence-electron chi connectivity index (χ4n) is 2.28. The Balaban J connectivity index is 1.71. The minimum atomic E-state index is -3.73. The largest absolute Gasteiger partial charge is 0.492 e. The summed E-state index contributed by atoms with van der Waals surface area (Å²) >= 11 is 5.92. The van der Waals surface area contributed by atoms with E-state index >= 15 is 0 Å². The first-order valence-electron chi connectivity index (χ1n) is 7.25. The van der Waals surface area contributed by atoms with Crippen LogP contribution in [0.1, 0.15) is 0 Å². The Morgan fingerprint density at radius 3 is 2.56 bits per heavy atom. The van der Waals surface area contributed by atoms with Crippen molar-refractivity contribution in [1.29, 1.82) is 0 Å². The molecular formula is C16H14ClN3O4S. The first-order valence-corrected chi connectivity index (χ1v) is 9.17. The summed E-state index contributed by atoms with van der Waals surface area (Å²) in [5.41, 5.74) is 0.367. The van der Waals surface area contributed by atoms with Gasteiger partial charge in [0.25, 0.3) is 5.56 Å². The third-order valence-corrected chi connectivity index (χ3v) is 4.70. The Labute approximate surface area is 148 Å². The summed E-state index contributed by atoms with van der Waals surface area (Å²) in [6.45, 7) is 0.494. The Morgan fingerprint density at radius 1 is 1.16 bits per heavy atom. The van der Waals surface area contributed by atoms with Crippen molar-refractivity contribution in [3.63, 3.8) is 0 Å². The van der Waals surface area contributed by atoms with Gasteiger partial charge in [0.2, 0.25) is 10.0 Å². The van der Waals surface area contributed by atoms with Crippen molar-refractivity contribution >= 4 is 32.5 Å². The fourth-order valence-corrected chi connectivity index (χ4v) is 2.97. The van der Waals surface area contributed by atoms with Crippen LogP contribution in [0, 0.1) is 0 Å². The Hall–Kier alpha value is -2.42. The molecule has 0 bridgehead atoms. The summed E-state index contributed by atoms with van der Waals surface area (Å²) in [5, 5.41) is 5.94. The van der Waals surface area contributed by atoms with Gasteiger partial charge in [-0.15, -0.1) is 0 Å². The van der Waals surface area contributed by atoms with E-state index in [1.54, 1.807) is 18.2 Å². The van der Waals surface area contributed by atoms with Gasteiger partial charge in [0, 0.05) is 5.02 Å². The molecule has 0 amide bonds. The van der Waals surface area contributed by atoms with Crippen LogP contribution in [0.3, 0.4) is 0 Å². The average Bonchev–Trinajstić information content (AvgIpc) is 2.57. The quantitative estimate of drug-likeness (QED) is 0.727. The Bertz CT molecular complexity index is 1080. The number of nitrogens with zero attached hydrogens (tertiary/aromatic N) is 2. The first-order chi connectivity index (χ1) is 11.8. The van der Waals surface area contributed by atoms with Crippen molar-refractivity contribution in [2.75, 3.05) is 6.61 Å². The standard InChI is InChI=1S/C16H14ClN3O4S/c17-11-1-6-15-14(9-11)16(21)20(10-19-15)7-8-24-12-2-4-13(5-3-12)25(18,22)23/h1-6,9-10H,7-8H2,(H2,18,22,23). The van der Waals surface area contributed by atoms with Crippen LogP contribution in [0.2, 0.25) is 5.02 Å². The van der Waals surface area contributed by atoms with Crippen LogP contribution in [0.4, 0.5) is 0 Å². The number of aromatic nitrogens is 2. The second-order valence-corrected chi connectivity index (χ2v) is 7.27. The highest BCUT2D eigenvalue weighted by Gasteiger charge is 2.08. The molecule has 0 fully saturated rings. The highest BCUT2D eigenvalue weighted by atomic mass is 35.5. The van der Waals surface area contributed by atoms with E-state index in [2.05, 4.69) is 4.98 Å². The zero-order valence-electron chi connectivity index (χ0n) is 12.9. The molecule has 25 heavy (non-hydrogen) atoms. The van der Waals surface area contributed by atoms with Gasteiger partial charge < -0.3 is 4.74 Å². The lowest BCUT2D eigenvalue weighted by Gasteiger charge is -2.09. The topological polar surface area (TPSA) is 104 Å². The van der Waals surface area contributed by atoms with E-state index in [1.165, 1.54) is 35.2 Å². The number of sulfonamides is 1. The molecule has 2 N–H and O–H groups in total. The second-order valence-electron chi connectivity index (χ2n) is 5.27. The number of hydrogen-bond donors (Lipinski definition) is 1. The summed E-state index contributed by atoms with van der Waals surface area (Å²) in [7, 11) is -3.73. The molecule has 0 atom stereocenters. The van der Waals surface area contributed by atoms with Crippen LogP contribution < -0.4 is 15.4 Å². The number of hydrogen-bond acceptors (Lipinski definition) is 5. The van der Waals surface area contributed by atoms with Gasteiger partial charge in [-0.25, -0.2) is 18.5 Å². The smallest absolute Gasteiger partial charge is 0.261 e. The predicted molar refractivity (Wildman–Crippen MR) is 94.3 cm³/mol. The normalized spacial score (nSPS) is 11.6. The number of benzene rings is 2. The van der Waals surface area contributed by atoms with Crippen molar-refractivity contribution in [1.82, 2.24) is 9.55 Å². The van der Waals surface area contributed by atoms with E-state index in [0.717, 1.165) is 0 Å². The third-order valence-electron chi connectivity index (χ3n) is 3.54. The van der Waals surface area contributed by atoms with Gasteiger partial charge in [0.1, 0.15) is 12.4 Å². The lowest BCUT2D eigenvalue weighted by Crippen LogP contribution is -2.23. The van der Waals surface area contributed by atoms with E-state index in [9.17, 15) is 13.2 Å². The molecule has 0 spiro atoms. The van der Waals surface area contributed by atoms with Gasteiger partial charge in [0.15, 0.2) is 0 Å². The molecule has 3 aromatic rings. The van der Waals surface area contributed by atoms with E-state index in [-0.39, 0.29) is 23.6 Å². The molecule has 1 aromatic heterocycles. The highest BCUT2D eigenvalue weighted by Crippen LogP contribution is 2.15. The molecule has 0 aliphatic rings. The summed E-state index contributed by atoms with van der Waals surface area (Å²) in [6, 6.07) is 10.7. The van der Waals surface area contributed by atoms with Crippen LogP contribution >= 0.6 is 11.6 Å². The number of halogens is 1. The highest BCUT2D eigenvalue weighted by molar-refractivity contribution is 7.89. The van der Waals surface area contributed by atoms with Crippen LogP contribution in [0.15, 0.2) is 58.5 Å². The number of nitrogens with two attached hydrogens (primary N) is 1. The van der Waals surface area contributed by atoms with E-state index in [0.29, 0.717) is 21.7 Å². The van der Waals surface area contributed by atoms with Crippen LogP contribution in [-0.4, -0.2) is 24.6 Å². The molecule has 130 valence electrons. The second kappa shape index (κ2) is 6.83. The molecule has 0 unspecified atom stereocenters. The van der Waals surface area contributed by atoms with Gasteiger partial charge in [-0.2, -0.15) is 0 Å². The Morgan fingerprint density at radius 2 is 1.88 bits per heavy atom. The van der Waals surface area contributed by atoms with Crippen molar-refractivity contribution in [2.24, 2.45) is 5.14 Å². The zero-order valence-corrected chi connectivity index (χ0v) is 14.5. The maximum Gasteiger partial charge on any atom is 0.261 e. The molecule has 0 radical (unpaired) electrons. The molecule has 2 aromatic carbocycles. The molecule has 3 rings (SSSR count). The minimum absolute atomic E-state index is 0.00618. The van der Waals surface area contributed by atoms with Gasteiger partial charge in [-0.05, 0) is 42.5 Å². The Kier molecular flexibility index (Phi) is 4.76. The predicted octanol–water partition coefficient (Wildman–Crippen LogP) is 1.78. The zero-order chi connectivity index (χ0) is 18.0. The first kappa shape index (κ1) is 17.4. The van der Waals surface area contributed by atoms with Crippen molar-refractivity contribution in [2.45, 2.75) is 11.4 Å². The monoisotopic (exact) mass is 379 g/mol. The molecule has 0 saturated carbocycles. The van der Waals surface area contributed by atoms with Gasteiger partial charge in [-0.3, -0.25) is 9.36 Å². The van der Waals surface area contributed by atoms with Crippen molar-refractivity contribution in [3.8, 4) is 5.75 Å². The fraction of sp³-hybridized carbons (Fsp3) is 0.125. The maximum atomic E-state index is 12.4. The van der Waals surface area contributed by atoms with Crippen LogP contribution in [0.5, 0.6) is 5.75 Å². The van der Waals surface area contributed by atoms with Crippen LogP contribution in [-0.2, 0) is 16.6 Å². The number of primary sulfonamides is 1. The lowest BCUT2D eigenvalue weighted by molar-refractivity contribution is 0.296. The molecule has 1 heterocycles. The average molecular weight is 380 g/mol. The lowest BCUT2D eigenvalue weighted by atomic mass is 10.2. The van der Waals surface area contributed by atoms with Gasteiger partial charge in [0.05, 0.1) is 28.7 Å². The maximum absolute atomic E-state index is 12.4. The SMILES string of the molecule is NS(=O)(=O)c1ccc(OCCn2cnc3ccc(Cl)cc3c2=O)cc1. The van der Waals surface area contributed by atoms with E-state index < -0.39 is 10.0 Å². The molecule has 0 saturated heterocycles. The van der Waals surface area contributed by atoms with E-state index in [1.807, 2.05) is 0 Å². The molecule has 0 aliphatic carbocycles. The van der Waals surface area contributed by atoms with Crippen molar-refractivity contribution < 1.29 is 13.2 Å². The summed E-state index contributed by atoms with van der Waals surface area (Å²) in [4.78, 5) is 16.6. The number of rotatable bonds is 5. The number of fused-ring (bicyclic) bond motifs is 1. The van der Waals surface area contributed by atoms with Crippen LogP contribution in [0.25, 0.3) is 10.9 Å². The molecular weight excluding hydrogens is 366 g/mol. The summed E-state index contributed by atoms with van der Waals surface area (Å²) in [6.07, 6.45) is 1.45. The molecule has 9 heteroatoms.